The molecule has 0 amide bonds. The lowest BCUT2D eigenvalue weighted by Gasteiger charge is -2.37. The fraction of sp³-hybridized carbons (Fsp3) is 0.385. The van der Waals surface area contributed by atoms with E-state index in [0.717, 1.165) is 42.9 Å². The monoisotopic (exact) mass is 499 g/mol. The van der Waals surface area contributed by atoms with Crippen LogP contribution in [0.25, 0.3) is 0 Å². The minimum Gasteiger partial charge on any atom is -0.489 e. The second-order valence-corrected chi connectivity index (χ2v) is 9.62. The van der Waals surface area contributed by atoms with Gasteiger partial charge in [0.05, 0.1) is 31.4 Å². The van der Waals surface area contributed by atoms with Crippen LogP contribution in [-0.2, 0) is 19.1 Å². The first-order chi connectivity index (χ1) is 17.3. The Morgan fingerprint density at radius 3 is 2.61 bits per heavy atom. The molecule has 1 aromatic heterocycles. The van der Waals surface area contributed by atoms with Crippen LogP contribution < -0.4 is 24.8 Å². The molecule has 3 fully saturated rings. The highest BCUT2D eigenvalue weighted by Crippen LogP contribution is 2.58. The van der Waals surface area contributed by atoms with Crippen molar-refractivity contribution >= 4 is 5.82 Å². The van der Waals surface area contributed by atoms with E-state index < -0.39 is 11.7 Å². The number of methoxy groups -OCH3 is 1. The smallest absolute Gasteiger partial charge is 0.416 e. The number of benzene rings is 2. The first kappa shape index (κ1) is 22.8. The molecule has 10 heteroatoms. The third-order valence-electron chi connectivity index (χ3n) is 7.29. The molecule has 7 nitrogen and oxygen atoms in total. The van der Waals surface area contributed by atoms with Gasteiger partial charge < -0.3 is 19.1 Å². The van der Waals surface area contributed by atoms with Crippen molar-refractivity contribution in [2.24, 2.45) is 5.92 Å². The quantitative estimate of drug-likeness (QED) is 0.471. The summed E-state index contributed by atoms with van der Waals surface area (Å²) in [7, 11) is 1.56. The van der Waals surface area contributed by atoms with Crippen molar-refractivity contribution in [3.8, 4) is 23.1 Å². The molecule has 36 heavy (non-hydrogen) atoms. The lowest BCUT2D eigenvalue weighted by atomic mass is 9.74. The molecule has 2 bridgehead atoms. The van der Waals surface area contributed by atoms with Crippen molar-refractivity contribution < 1.29 is 27.4 Å². The highest BCUT2D eigenvalue weighted by atomic mass is 19.4. The van der Waals surface area contributed by atoms with Gasteiger partial charge in [0, 0.05) is 13.0 Å². The number of rotatable bonds is 7. The second kappa shape index (κ2) is 8.18. The molecule has 0 atom stereocenters. The van der Waals surface area contributed by atoms with E-state index in [9.17, 15) is 18.0 Å². The number of anilines is 1. The molecule has 0 N–H and O–H groups in total. The summed E-state index contributed by atoms with van der Waals surface area (Å²) in [5.74, 6) is 2.66. The Labute approximate surface area is 205 Å². The van der Waals surface area contributed by atoms with Crippen molar-refractivity contribution in [1.29, 1.82) is 0 Å². The Bertz CT molecular complexity index is 1360. The normalized spacial score (nSPS) is 21.6. The fourth-order valence-corrected chi connectivity index (χ4v) is 5.69. The molecule has 0 radical (unpaired) electrons. The molecule has 3 aromatic rings. The van der Waals surface area contributed by atoms with E-state index in [4.69, 9.17) is 14.2 Å². The third-order valence-corrected chi connectivity index (χ3v) is 7.29. The van der Waals surface area contributed by atoms with Crippen molar-refractivity contribution in [3.63, 3.8) is 0 Å². The molecule has 4 aliphatic rings. The van der Waals surface area contributed by atoms with E-state index in [1.807, 2.05) is 12.1 Å². The summed E-state index contributed by atoms with van der Waals surface area (Å²) in [4.78, 5) is 19.1. The van der Waals surface area contributed by atoms with Crippen LogP contribution >= 0.6 is 0 Å². The predicted octanol–water partition coefficient (Wildman–Crippen LogP) is 4.67. The van der Waals surface area contributed by atoms with Gasteiger partial charge in [-0.05, 0) is 54.7 Å². The van der Waals surface area contributed by atoms with Crippen molar-refractivity contribution in [2.75, 3.05) is 25.2 Å². The molecule has 2 saturated heterocycles. The van der Waals surface area contributed by atoms with E-state index in [1.165, 1.54) is 12.1 Å². The molecular weight excluding hydrogens is 475 g/mol. The van der Waals surface area contributed by atoms with Gasteiger partial charge in [0.15, 0.2) is 5.82 Å². The van der Waals surface area contributed by atoms with E-state index in [-0.39, 0.29) is 29.5 Å². The lowest BCUT2D eigenvalue weighted by molar-refractivity contribution is -0.137. The summed E-state index contributed by atoms with van der Waals surface area (Å²) in [6.07, 6.45) is -1.70. The molecule has 0 unspecified atom stereocenters. The molecule has 3 aliphatic heterocycles. The number of halogens is 3. The molecule has 1 spiro atoms. The Kier molecular flexibility index (Phi) is 5.17. The van der Waals surface area contributed by atoms with Crippen LogP contribution in [0.4, 0.5) is 19.0 Å². The van der Waals surface area contributed by atoms with E-state index in [0.29, 0.717) is 30.4 Å². The fourth-order valence-electron chi connectivity index (χ4n) is 5.69. The molecule has 4 heterocycles. The van der Waals surface area contributed by atoms with Gasteiger partial charge >= 0.3 is 11.9 Å². The highest BCUT2D eigenvalue weighted by molar-refractivity contribution is 5.64. The zero-order valence-electron chi connectivity index (χ0n) is 19.5. The van der Waals surface area contributed by atoms with E-state index in [2.05, 4.69) is 9.88 Å². The summed E-state index contributed by atoms with van der Waals surface area (Å²) in [6.45, 7) is 1.85. The standard InChI is InChI=1S/C26H24F3N3O4/c1-34-21-22(30-24(33)31-15-25-12-17(13-25)14-32(25)23(21)31)35-10-9-16-5-7-19(8-6-16)36-20-4-2-3-18(11-20)26(27,28)29/h2-8,11,17H,9-10,12-15H2,1H3. The first-order valence-corrected chi connectivity index (χ1v) is 11.8. The van der Waals surface area contributed by atoms with E-state index in [1.54, 1.807) is 23.8 Å². The van der Waals surface area contributed by atoms with Gasteiger partial charge in [0.2, 0.25) is 5.75 Å². The average Bonchev–Trinajstić information content (AvgIpc) is 3.46. The van der Waals surface area contributed by atoms with Crippen LogP contribution in [0.15, 0.2) is 53.3 Å². The number of aromatic nitrogens is 2. The third kappa shape index (κ3) is 3.75. The van der Waals surface area contributed by atoms with Gasteiger partial charge in [-0.3, -0.25) is 4.57 Å². The van der Waals surface area contributed by atoms with Gasteiger partial charge in [0.1, 0.15) is 11.5 Å². The van der Waals surface area contributed by atoms with Crippen molar-refractivity contribution in [3.05, 3.63) is 70.1 Å². The summed E-state index contributed by atoms with van der Waals surface area (Å²) in [5.41, 5.74) is -0.130. The van der Waals surface area contributed by atoms with Crippen LogP contribution in [0.1, 0.15) is 24.0 Å². The zero-order valence-corrected chi connectivity index (χ0v) is 19.5. The summed E-state index contributed by atoms with van der Waals surface area (Å²) in [5, 5.41) is 0. The van der Waals surface area contributed by atoms with Gasteiger partial charge in [-0.25, -0.2) is 4.79 Å². The van der Waals surface area contributed by atoms with Crippen molar-refractivity contribution in [2.45, 2.75) is 37.5 Å². The maximum Gasteiger partial charge on any atom is 0.416 e. The van der Waals surface area contributed by atoms with Crippen LogP contribution in [0, 0.1) is 5.92 Å². The van der Waals surface area contributed by atoms with Crippen LogP contribution in [0.2, 0.25) is 0 Å². The maximum atomic E-state index is 12.9. The number of ether oxygens (including phenoxy) is 3. The van der Waals surface area contributed by atoms with Gasteiger partial charge in [-0.1, -0.05) is 18.2 Å². The Morgan fingerprint density at radius 1 is 1.11 bits per heavy atom. The summed E-state index contributed by atoms with van der Waals surface area (Å²) < 4.78 is 57.5. The van der Waals surface area contributed by atoms with Crippen LogP contribution in [-0.4, -0.2) is 35.4 Å². The van der Waals surface area contributed by atoms with Crippen molar-refractivity contribution in [1.82, 2.24) is 9.55 Å². The average molecular weight is 499 g/mol. The van der Waals surface area contributed by atoms with E-state index >= 15 is 0 Å². The SMILES string of the molecule is COc1c(OCCc2ccc(Oc3cccc(C(F)(F)F)c3)cc2)nc(=O)n2c1N1CC3CC1(C3)C2. The van der Waals surface area contributed by atoms with Crippen LogP contribution in [0.5, 0.6) is 23.1 Å². The minimum absolute atomic E-state index is 0.0300. The minimum atomic E-state index is -4.43. The zero-order chi connectivity index (χ0) is 25.1. The first-order valence-electron chi connectivity index (χ1n) is 11.8. The Hall–Kier alpha value is -3.69. The van der Waals surface area contributed by atoms with Gasteiger partial charge in [-0.15, -0.1) is 0 Å². The molecular formula is C26H24F3N3O4. The number of hydrogen-bond donors (Lipinski definition) is 0. The number of alkyl halides is 3. The molecule has 188 valence electrons. The summed E-state index contributed by atoms with van der Waals surface area (Å²) >= 11 is 0. The van der Waals surface area contributed by atoms with Gasteiger partial charge in [0.25, 0.3) is 5.88 Å². The highest BCUT2D eigenvalue weighted by Gasteiger charge is 2.61. The Balaban J connectivity index is 1.11. The maximum absolute atomic E-state index is 12.9. The second-order valence-electron chi connectivity index (χ2n) is 9.62. The Morgan fingerprint density at radius 2 is 1.89 bits per heavy atom. The molecule has 2 aromatic carbocycles. The number of fused-ring (bicyclic) bond motifs is 1. The van der Waals surface area contributed by atoms with Gasteiger partial charge in [-0.2, -0.15) is 18.2 Å². The summed E-state index contributed by atoms with van der Waals surface area (Å²) in [6, 6.07) is 11.8. The largest absolute Gasteiger partial charge is 0.489 e. The number of nitrogens with zero attached hydrogens (tertiary/aromatic N) is 3. The topological polar surface area (TPSA) is 65.8 Å². The number of hydrogen-bond acceptors (Lipinski definition) is 6. The molecule has 1 saturated carbocycles. The molecule has 1 aliphatic carbocycles. The molecule has 7 rings (SSSR count). The van der Waals surface area contributed by atoms with Crippen LogP contribution in [0.3, 0.4) is 0 Å². The predicted molar refractivity (Wildman–Crippen MR) is 125 cm³/mol. The lowest BCUT2D eigenvalue weighted by Crippen LogP contribution is -2.44.